The third-order valence-corrected chi connectivity index (χ3v) is 3.72. The molecule has 3 rings (SSSR count). The van der Waals surface area contributed by atoms with E-state index in [1.165, 1.54) is 5.56 Å². The van der Waals surface area contributed by atoms with E-state index in [2.05, 4.69) is 23.2 Å². The van der Waals surface area contributed by atoms with Crippen molar-refractivity contribution in [1.82, 2.24) is 4.98 Å². The largest absolute Gasteiger partial charge is 0.481 e. The minimum Gasteiger partial charge on any atom is -0.481 e. The number of halogens is 1. The van der Waals surface area contributed by atoms with Gasteiger partial charge in [-0.3, -0.25) is 0 Å². The fourth-order valence-corrected chi connectivity index (χ4v) is 2.64. The molecule has 0 unspecified atom stereocenters. The standard InChI is InChI=1S/C19H16ClNO/c1-22-19-18(16-8-5-9-17(20)12-16)11-15(13-21-19)10-14-6-3-2-4-7-14/h2-9,11-13H,10H2,1H3. The van der Waals surface area contributed by atoms with E-state index in [1.54, 1.807) is 7.11 Å². The average Bonchev–Trinajstić information content (AvgIpc) is 2.56. The topological polar surface area (TPSA) is 22.1 Å². The molecule has 0 aliphatic carbocycles. The predicted octanol–water partition coefficient (Wildman–Crippen LogP) is 5.00. The molecule has 3 heteroatoms. The van der Waals surface area contributed by atoms with E-state index in [4.69, 9.17) is 16.3 Å². The molecule has 1 aromatic heterocycles. The van der Waals surface area contributed by atoms with E-state index in [0.717, 1.165) is 23.1 Å². The quantitative estimate of drug-likeness (QED) is 0.676. The van der Waals surface area contributed by atoms with Crippen LogP contribution in [0.2, 0.25) is 5.02 Å². The van der Waals surface area contributed by atoms with Gasteiger partial charge in [-0.1, -0.05) is 54.1 Å². The molecular weight excluding hydrogens is 294 g/mol. The Morgan fingerprint density at radius 1 is 0.955 bits per heavy atom. The molecular formula is C19H16ClNO. The molecule has 0 saturated heterocycles. The molecule has 110 valence electrons. The van der Waals surface area contributed by atoms with Crippen LogP contribution < -0.4 is 4.74 Å². The summed E-state index contributed by atoms with van der Waals surface area (Å²) in [6.45, 7) is 0. The number of aromatic nitrogens is 1. The van der Waals surface area contributed by atoms with Crippen LogP contribution >= 0.6 is 11.6 Å². The Morgan fingerprint density at radius 2 is 1.77 bits per heavy atom. The van der Waals surface area contributed by atoms with Gasteiger partial charge in [0.1, 0.15) is 0 Å². The van der Waals surface area contributed by atoms with Crippen LogP contribution in [0.15, 0.2) is 66.9 Å². The Morgan fingerprint density at radius 3 is 2.50 bits per heavy atom. The predicted molar refractivity (Wildman–Crippen MR) is 90.5 cm³/mol. The van der Waals surface area contributed by atoms with Crippen LogP contribution in [0.3, 0.4) is 0 Å². The number of methoxy groups -OCH3 is 1. The minimum absolute atomic E-state index is 0.610. The molecule has 0 saturated carbocycles. The maximum Gasteiger partial charge on any atom is 0.221 e. The van der Waals surface area contributed by atoms with Gasteiger partial charge in [0.25, 0.3) is 0 Å². The first-order valence-corrected chi connectivity index (χ1v) is 7.47. The summed E-state index contributed by atoms with van der Waals surface area (Å²) in [5.74, 6) is 0.610. The second-order valence-corrected chi connectivity index (χ2v) is 5.51. The number of pyridine rings is 1. The van der Waals surface area contributed by atoms with Crippen LogP contribution in [0.5, 0.6) is 5.88 Å². The number of ether oxygens (including phenoxy) is 1. The molecule has 3 aromatic rings. The van der Waals surface area contributed by atoms with Crippen molar-refractivity contribution in [3.8, 4) is 17.0 Å². The van der Waals surface area contributed by atoms with Crippen molar-refractivity contribution < 1.29 is 4.74 Å². The van der Waals surface area contributed by atoms with Gasteiger partial charge in [-0.05, 0) is 41.3 Å². The molecule has 1 heterocycles. The molecule has 0 bridgehead atoms. The highest BCUT2D eigenvalue weighted by Gasteiger charge is 2.09. The lowest BCUT2D eigenvalue weighted by Crippen LogP contribution is -1.95. The van der Waals surface area contributed by atoms with E-state index in [9.17, 15) is 0 Å². The maximum atomic E-state index is 6.10. The van der Waals surface area contributed by atoms with Crippen LogP contribution in [0.4, 0.5) is 0 Å². The van der Waals surface area contributed by atoms with E-state index >= 15 is 0 Å². The van der Waals surface area contributed by atoms with Gasteiger partial charge in [-0.15, -0.1) is 0 Å². The number of benzene rings is 2. The Balaban J connectivity index is 1.99. The number of rotatable bonds is 4. The first-order chi connectivity index (χ1) is 10.8. The summed E-state index contributed by atoms with van der Waals surface area (Å²) in [5.41, 5.74) is 4.36. The van der Waals surface area contributed by atoms with Gasteiger partial charge in [0, 0.05) is 16.8 Å². The smallest absolute Gasteiger partial charge is 0.221 e. The molecule has 0 spiro atoms. The Kier molecular flexibility index (Phi) is 4.40. The summed E-state index contributed by atoms with van der Waals surface area (Å²) < 4.78 is 5.39. The van der Waals surface area contributed by atoms with Crippen molar-refractivity contribution in [2.45, 2.75) is 6.42 Å². The number of hydrogen-bond donors (Lipinski definition) is 0. The summed E-state index contributed by atoms with van der Waals surface area (Å²) in [7, 11) is 1.63. The van der Waals surface area contributed by atoms with Crippen molar-refractivity contribution in [1.29, 1.82) is 0 Å². The van der Waals surface area contributed by atoms with Gasteiger partial charge in [0.2, 0.25) is 5.88 Å². The average molecular weight is 310 g/mol. The number of nitrogens with zero attached hydrogens (tertiary/aromatic N) is 1. The summed E-state index contributed by atoms with van der Waals surface area (Å²) in [5, 5.41) is 0.702. The molecule has 0 amide bonds. The lowest BCUT2D eigenvalue weighted by atomic mass is 10.0. The lowest BCUT2D eigenvalue weighted by Gasteiger charge is -2.10. The normalized spacial score (nSPS) is 10.5. The highest BCUT2D eigenvalue weighted by molar-refractivity contribution is 6.30. The molecule has 2 aromatic carbocycles. The van der Waals surface area contributed by atoms with Crippen LogP contribution in [0.25, 0.3) is 11.1 Å². The first kappa shape index (κ1) is 14.6. The van der Waals surface area contributed by atoms with Crippen molar-refractivity contribution in [3.63, 3.8) is 0 Å². The van der Waals surface area contributed by atoms with E-state index in [-0.39, 0.29) is 0 Å². The molecule has 2 nitrogen and oxygen atoms in total. The van der Waals surface area contributed by atoms with Crippen molar-refractivity contribution in [2.24, 2.45) is 0 Å². The summed E-state index contributed by atoms with van der Waals surface area (Å²) in [4.78, 5) is 4.43. The fourth-order valence-electron chi connectivity index (χ4n) is 2.45. The van der Waals surface area contributed by atoms with Crippen LogP contribution in [-0.2, 0) is 6.42 Å². The van der Waals surface area contributed by atoms with Gasteiger partial charge in [-0.2, -0.15) is 0 Å². The van der Waals surface area contributed by atoms with Gasteiger partial charge >= 0.3 is 0 Å². The van der Waals surface area contributed by atoms with Gasteiger partial charge in [0.15, 0.2) is 0 Å². The Labute approximate surface area is 135 Å². The SMILES string of the molecule is COc1ncc(Cc2ccccc2)cc1-c1cccc(Cl)c1. The van der Waals surface area contributed by atoms with Gasteiger partial charge < -0.3 is 4.74 Å². The minimum atomic E-state index is 0.610. The van der Waals surface area contributed by atoms with Crippen molar-refractivity contribution >= 4 is 11.6 Å². The van der Waals surface area contributed by atoms with Crippen LogP contribution in [0.1, 0.15) is 11.1 Å². The zero-order chi connectivity index (χ0) is 15.4. The monoisotopic (exact) mass is 309 g/mol. The second kappa shape index (κ2) is 6.63. The van der Waals surface area contributed by atoms with Crippen molar-refractivity contribution in [2.75, 3.05) is 7.11 Å². The molecule has 0 N–H and O–H groups in total. The van der Waals surface area contributed by atoms with E-state index < -0.39 is 0 Å². The highest BCUT2D eigenvalue weighted by atomic mass is 35.5. The van der Waals surface area contributed by atoms with Crippen LogP contribution in [0, 0.1) is 0 Å². The highest BCUT2D eigenvalue weighted by Crippen LogP contribution is 2.31. The molecule has 0 aliphatic rings. The van der Waals surface area contributed by atoms with Gasteiger partial charge in [-0.25, -0.2) is 4.98 Å². The summed E-state index contributed by atoms with van der Waals surface area (Å²) >= 11 is 6.10. The molecule has 0 radical (unpaired) electrons. The third kappa shape index (κ3) is 3.29. The second-order valence-electron chi connectivity index (χ2n) is 5.07. The molecule has 0 fully saturated rings. The zero-order valence-corrected chi connectivity index (χ0v) is 13.0. The molecule has 22 heavy (non-hydrogen) atoms. The summed E-state index contributed by atoms with van der Waals surface area (Å²) in [6.07, 6.45) is 2.70. The fraction of sp³-hybridized carbons (Fsp3) is 0.105. The Bertz CT molecular complexity index is 771. The van der Waals surface area contributed by atoms with Crippen molar-refractivity contribution in [3.05, 3.63) is 83.0 Å². The number of hydrogen-bond acceptors (Lipinski definition) is 2. The zero-order valence-electron chi connectivity index (χ0n) is 12.3. The van der Waals surface area contributed by atoms with E-state index in [0.29, 0.717) is 10.9 Å². The third-order valence-electron chi connectivity index (χ3n) is 3.49. The van der Waals surface area contributed by atoms with Crippen LogP contribution in [-0.4, -0.2) is 12.1 Å². The van der Waals surface area contributed by atoms with E-state index in [1.807, 2.05) is 48.7 Å². The Hall–Kier alpha value is -2.32. The first-order valence-electron chi connectivity index (χ1n) is 7.09. The maximum absolute atomic E-state index is 6.10. The summed E-state index contributed by atoms with van der Waals surface area (Å²) in [6, 6.07) is 20.2. The molecule has 0 aliphatic heterocycles. The lowest BCUT2D eigenvalue weighted by molar-refractivity contribution is 0.399. The van der Waals surface area contributed by atoms with Gasteiger partial charge in [0.05, 0.1) is 7.11 Å². The molecule has 0 atom stereocenters.